The molecule has 0 bridgehead atoms. The fraction of sp³-hybridized carbons (Fsp3) is 0.688. The highest BCUT2D eigenvalue weighted by Gasteiger charge is 2.41. The van der Waals surface area contributed by atoms with Crippen molar-refractivity contribution < 1.29 is 33.4 Å². The predicted molar refractivity (Wildman–Crippen MR) is 91.7 cm³/mol. The summed E-state index contributed by atoms with van der Waals surface area (Å²) in [7, 11) is 1.11. The Labute approximate surface area is 151 Å². The molecule has 8 nitrogen and oxygen atoms in total. The molecule has 142 valence electrons. The number of nitrogens with one attached hydrogen (secondary N) is 1. The Kier molecular flexibility index (Phi) is 9.40. The van der Waals surface area contributed by atoms with E-state index in [2.05, 4.69) is 10.1 Å². The molecule has 0 saturated heterocycles. The number of carbonyl (C=O) groups is 5. The highest BCUT2D eigenvalue weighted by molar-refractivity contribution is 8.16. The molecule has 0 heterocycles. The standard InChI is InChI=1S/C16H25NO7S/c1-7-24-14(21)12(17-13(20)9(2)3)16(4,5)25-15(22)10(18)8-11(19)23-6/h9,12H,7-8H2,1-6H3,(H,17,20). The zero-order valence-corrected chi connectivity index (χ0v) is 16.2. The highest BCUT2D eigenvalue weighted by atomic mass is 32.2. The minimum absolute atomic E-state index is 0.100. The number of hydrogen-bond donors (Lipinski definition) is 1. The van der Waals surface area contributed by atoms with Crippen LogP contribution in [0.1, 0.15) is 41.0 Å². The van der Waals surface area contributed by atoms with E-state index in [-0.39, 0.29) is 18.4 Å². The van der Waals surface area contributed by atoms with Crippen LogP contribution in [0.15, 0.2) is 0 Å². The molecule has 9 heteroatoms. The minimum Gasteiger partial charge on any atom is -0.469 e. The third-order valence-electron chi connectivity index (χ3n) is 3.14. The van der Waals surface area contributed by atoms with E-state index in [1.165, 1.54) is 13.8 Å². The Bertz CT molecular complexity index is 543. The Morgan fingerprint density at radius 2 is 1.68 bits per heavy atom. The SMILES string of the molecule is CCOC(=O)C(NC(=O)C(C)C)C(C)(C)SC(=O)C(=O)CC(=O)OC. The summed E-state index contributed by atoms with van der Waals surface area (Å²) in [6.45, 7) is 8.09. The molecule has 0 aromatic rings. The van der Waals surface area contributed by atoms with Crippen LogP contribution in [0, 0.1) is 5.92 Å². The van der Waals surface area contributed by atoms with Crippen molar-refractivity contribution in [2.45, 2.75) is 51.8 Å². The van der Waals surface area contributed by atoms with Crippen LogP contribution in [0.4, 0.5) is 0 Å². The van der Waals surface area contributed by atoms with E-state index < -0.39 is 40.0 Å². The molecule has 1 atom stereocenters. The minimum atomic E-state index is -1.17. The zero-order chi connectivity index (χ0) is 19.8. The number of thioether (sulfide) groups is 1. The molecule has 0 saturated carbocycles. The summed E-state index contributed by atoms with van der Waals surface area (Å²) < 4.78 is 8.14. The third kappa shape index (κ3) is 7.68. The number of ketones is 1. The van der Waals surface area contributed by atoms with Crippen molar-refractivity contribution in [2.75, 3.05) is 13.7 Å². The van der Waals surface area contributed by atoms with E-state index in [1.54, 1.807) is 20.8 Å². The molecule has 1 N–H and O–H groups in total. The first kappa shape index (κ1) is 23.1. The fourth-order valence-electron chi connectivity index (χ4n) is 1.68. The molecule has 1 unspecified atom stereocenters. The molecule has 25 heavy (non-hydrogen) atoms. The van der Waals surface area contributed by atoms with Gasteiger partial charge in [-0.3, -0.25) is 19.2 Å². The van der Waals surface area contributed by atoms with Gasteiger partial charge in [-0.2, -0.15) is 0 Å². The average molecular weight is 375 g/mol. The van der Waals surface area contributed by atoms with Crippen LogP contribution in [0.2, 0.25) is 0 Å². The van der Waals surface area contributed by atoms with Crippen molar-refractivity contribution in [3.63, 3.8) is 0 Å². The maximum atomic E-state index is 12.2. The van der Waals surface area contributed by atoms with E-state index in [0.717, 1.165) is 7.11 Å². The molecular formula is C16H25NO7S. The van der Waals surface area contributed by atoms with Crippen LogP contribution >= 0.6 is 11.8 Å². The van der Waals surface area contributed by atoms with E-state index in [4.69, 9.17) is 4.74 Å². The van der Waals surface area contributed by atoms with Crippen molar-refractivity contribution in [2.24, 2.45) is 5.92 Å². The second-order valence-corrected chi connectivity index (χ2v) is 7.64. The largest absolute Gasteiger partial charge is 0.469 e. The van der Waals surface area contributed by atoms with E-state index >= 15 is 0 Å². The number of hydrogen-bond acceptors (Lipinski definition) is 8. The molecule has 1 amide bonds. The van der Waals surface area contributed by atoms with Gasteiger partial charge in [0.05, 0.1) is 13.7 Å². The van der Waals surface area contributed by atoms with Gasteiger partial charge in [-0.25, -0.2) is 4.79 Å². The Balaban J connectivity index is 5.28. The number of carbonyl (C=O) groups excluding carboxylic acids is 5. The van der Waals surface area contributed by atoms with Crippen LogP contribution < -0.4 is 5.32 Å². The van der Waals surface area contributed by atoms with Crippen molar-refractivity contribution in [3.8, 4) is 0 Å². The number of ether oxygens (including phenoxy) is 2. The van der Waals surface area contributed by atoms with Gasteiger partial charge in [-0.15, -0.1) is 0 Å². The average Bonchev–Trinajstić information content (AvgIpc) is 2.51. The highest BCUT2D eigenvalue weighted by Crippen LogP contribution is 2.30. The van der Waals surface area contributed by atoms with E-state index in [9.17, 15) is 24.0 Å². The van der Waals surface area contributed by atoms with Crippen LogP contribution in [0.3, 0.4) is 0 Å². The smallest absolute Gasteiger partial charge is 0.330 e. The van der Waals surface area contributed by atoms with Crippen LogP contribution in [0.25, 0.3) is 0 Å². The molecule has 0 aromatic carbocycles. The molecule has 0 spiro atoms. The van der Waals surface area contributed by atoms with Crippen molar-refractivity contribution in [1.29, 1.82) is 0 Å². The van der Waals surface area contributed by atoms with Crippen molar-refractivity contribution >= 4 is 40.5 Å². The number of esters is 2. The lowest BCUT2D eigenvalue weighted by Gasteiger charge is -2.32. The molecule has 0 radical (unpaired) electrons. The summed E-state index contributed by atoms with van der Waals surface area (Å²) in [5, 5.41) is 1.65. The number of rotatable bonds is 9. The topological polar surface area (TPSA) is 116 Å². The Morgan fingerprint density at radius 3 is 2.12 bits per heavy atom. The predicted octanol–water partition coefficient (Wildman–Crippen LogP) is 0.861. The number of methoxy groups -OCH3 is 1. The molecule has 0 rings (SSSR count). The molecule has 0 fully saturated rings. The number of amides is 1. The van der Waals surface area contributed by atoms with Crippen LogP contribution in [-0.4, -0.2) is 53.2 Å². The summed E-state index contributed by atoms with van der Waals surface area (Å²) in [5.41, 5.74) is 0. The van der Waals surface area contributed by atoms with Gasteiger partial charge in [-0.1, -0.05) is 25.6 Å². The second-order valence-electron chi connectivity index (χ2n) is 6.02. The van der Waals surface area contributed by atoms with E-state index in [1.807, 2.05) is 0 Å². The lowest BCUT2D eigenvalue weighted by molar-refractivity contribution is -0.148. The quantitative estimate of drug-likeness (QED) is 0.358. The van der Waals surface area contributed by atoms with Gasteiger partial charge in [0.25, 0.3) is 5.12 Å². The Morgan fingerprint density at radius 1 is 1.12 bits per heavy atom. The summed E-state index contributed by atoms with van der Waals surface area (Å²) >= 11 is 0.567. The maximum Gasteiger partial charge on any atom is 0.330 e. The van der Waals surface area contributed by atoms with Crippen molar-refractivity contribution in [3.05, 3.63) is 0 Å². The first-order chi connectivity index (χ1) is 11.5. The van der Waals surface area contributed by atoms with Gasteiger partial charge in [0, 0.05) is 10.7 Å². The van der Waals surface area contributed by atoms with Gasteiger partial charge in [0.1, 0.15) is 12.5 Å². The summed E-state index contributed by atoms with van der Waals surface area (Å²) in [4.78, 5) is 59.1. The zero-order valence-electron chi connectivity index (χ0n) is 15.3. The summed E-state index contributed by atoms with van der Waals surface area (Å²) in [6, 6.07) is -1.14. The number of Topliss-reactive ketones (excluding diaryl/α,β-unsaturated/α-hetero) is 1. The lowest BCUT2D eigenvalue weighted by atomic mass is 10.0. The second kappa shape index (κ2) is 10.2. The van der Waals surface area contributed by atoms with Crippen LogP contribution in [0.5, 0.6) is 0 Å². The van der Waals surface area contributed by atoms with Gasteiger partial charge in [-0.05, 0) is 20.8 Å². The summed E-state index contributed by atoms with van der Waals surface area (Å²) in [5.74, 6) is -3.24. The summed E-state index contributed by atoms with van der Waals surface area (Å²) in [6.07, 6.45) is -0.680. The molecule has 0 aliphatic heterocycles. The van der Waals surface area contributed by atoms with Gasteiger partial charge >= 0.3 is 11.9 Å². The molecule has 0 aromatic heterocycles. The van der Waals surface area contributed by atoms with Crippen molar-refractivity contribution in [1.82, 2.24) is 5.32 Å². The van der Waals surface area contributed by atoms with Crippen LogP contribution in [-0.2, 0) is 33.4 Å². The molecular weight excluding hydrogens is 350 g/mol. The normalized spacial score (nSPS) is 12.3. The van der Waals surface area contributed by atoms with Gasteiger partial charge in [0.15, 0.2) is 0 Å². The molecule has 0 aliphatic rings. The maximum absolute atomic E-state index is 12.2. The van der Waals surface area contributed by atoms with Gasteiger partial charge in [0.2, 0.25) is 11.7 Å². The Hall–Kier alpha value is -1.90. The molecule has 0 aliphatic carbocycles. The third-order valence-corrected chi connectivity index (χ3v) is 4.32. The monoisotopic (exact) mass is 375 g/mol. The van der Waals surface area contributed by atoms with Gasteiger partial charge < -0.3 is 14.8 Å². The lowest BCUT2D eigenvalue weighted by Crippen LogP contribution is -2.54. The van der Waals surface area contributed by atoms with E-state index in [0.29, 0.717) is 11.8 Å². The first-order valence-corrected chi connectivity index (χ1v) is 8.57. The fourth-order valence-corrected chi connectivity index (χ4v) is 2.62. The first-order valence-electron chi connectivity index (χ1n) is 7.76.